The van der Waals surface area contributed by atoms with Crippen LogP contribution in [-0.2, 0) is 6.42 Å². The van der Waals surface area contributed by atoms with E-state index in [0.717, 1.165) is 12.2 Å². The maximum atomic E-state index is 4.16. The molecule has 0 unspecified atom stereocenters. The van der Waals surface area contributed by atoms with Gasteiger partial charge in [0.25, 0.3) is 0 Å². The van der Waals surface area contributed by atoms with E-state index < -0.39 is 0 Å². The summed E-state index contributed by atoms with van der Waals surface area (Å²) < 4.78 is 1.17. The largest absolute Gasteiger partial charge is 0.348 e. The molecule has 0 saturated carbocycles. The van der Waals surface area contributed by atoms with Gasteiger partial charge in [0.2, 0.25) is 0 Å². The van der Waals surface area contributed by atoms with Gasteiger partial charge in [0.15, 0.2) is 0 Å². The average Bonchev–Trinajstić information content (AvgIpc) is 2.63. The highest BCUT2D eigenvalue weighted by Crippen LogP contribution is 2.23. The third kappa shape index (κ3) is 1.76. The lowest BCUT2D eigenvalue weighted by atomic mass is 10.3. The zero-order chi connectivity index (χ0) is 8.39. The second-order valence-electron chi connectivity index (χ2n) is 2.42. The zero-order valence-electron chi connectivity index (χ0n) is 6.25. The Labute approximate surface area is 82.8 Å². The second kappa shape index (κ2) is 3.41. The number of thiophene rings is 1. The van der Waals surface area contributed by atoms with Crippen molar-refractivity contribution in [1.29, 1.82) is 0 Å². The van der Waals surface area contributed by atoms with E-state index in [-0.39, 0.29) is 0 Å². The van der Waals surface area contributed by atoms with E-state index >= 15 is 0 Å². The highest BCUT2D eigenvalue weighted by atomic mass is 79.9. The molecule has 0 saturated heterocycles. The summed E-state index contributed by atoms with van der Waals surface area (Å²) in [5.41, 5.74) is 0. The Kier molecular flexibility index (Phi) is 2.28. The van der Waals surface area contributed by atoms with Crippen LogP contribution in [0.15, 0.2) is 28.3 Å². The first kappa shape index (κ1) is 8.01. The second-order valence-corrected chi connectivity index (χ2v) is 4.97. The Hall–Kier alpha value is -0.610. The van der Waals surface area contributed by atoms with E-state index in [1.807, 2.05) is 6.20 Å². The zero-order valence-corrected chi connectivity index (χ0v) is 8.65. The topological polar surface area (TPSA) is 28.7 Å². The molecule has 2 rings (SSSR count). The van der Waals surface area contributed by atoms with Gasteiger partial charge in [-0.2, -0.15) is 0 Å². The van der Waals surface area contributed by atoms with E-state index in [2.05, 4.69) is 38.0 Å². The number of hydrogen-bond donors (Lipinski definition) is 1. The van der Waals surface area contributed by atoms with Crippen molar-refractivity contribution in [3.63, 3.8) is 0 Å². The number of nitrogens with zero attached hydrogens (tertiary/aromatic N) is 1. The minimum Gasteiger partial charge on any atom is -0.348 e. The van der Waals surface area contributed by atoms with Gasteiger partial charge in [-0.25, -0.2) is 4.98 Å². The van der Waals surface area contributed by atoms with Crippen molar-refractivity contribution in [2.45, 2.75) is 6.42 Å². The Bertz CT molecular complexity index is 353. The number of H-pyrrole nitrogens is 1. The Balaban J connectivity index is 2.14. The van der Waals surface area contributed by atoms with Crippen LogP contribution in [-0.4, -0.2) is 9.97 Å². The van der Waals surface area contributed by atoms with Gasteiger partial charge in [-0.05, 0) is 28.1 Å². The minimum atomic E-state index is 0.892. The lowest BCUT2D eigenvalue weighted by Gasteiger charge is -1.90. The van der Waals surface area contributed by atoms with Crippen LogP contribution >= 0.6 is 27.3 Å². The molecule has 0 fully saturated rings. The molecule has 0 radical (unpaired) electrons. The van der Waals surface area contributed by atoms with Gasteiger partial charge < -0.3 is 4.98 Å². The first-order valence-electron chi connectivity index (χ1n) is 3.57. The van der Waals surface area contributed by atoms with Crippen LogP contribution in [0.4, 0.5) is 0 Å². The Morgan fingerprint density at radius 1 is 1.50 bits per heavy atom. The molecule has 0 spiro atoms. The van der Waals surface area contributed by atoms with Crippen LogP contribution < -0.4 is 0 Å². The molecule has 1 N–H and O–H groups in total. The number of hydrogen-bond acceptors (Lipinski definition) is 2. The summed E-state index contributed by atoms with van der Waals surface area (Å²) in [4.78, 5) is 8.55. The summed E-state index contributed by atoms with van der Waals surface area (Å²) >= 11 is 5.17. The predicted octanol–water partition coefficient (Wildman–Crippen LogP) is 2.82. The summed E-state index contributed by atoms with van der Waals surface area (Å²) in [5, 5.41) is 0. The van der Waals surface area contributed by atoms with Gasteiger partial charge in [0.05, 0.1) is 3.79 Å². The Morgan fingerprint density at radius 3 is 3.00 bits per heavy atom. The first-order valence-corrected chi connectivity index (χ1v) is 5.18. The summed E-state index contributed by atoms with van der Waals surface area (Å²) in [6.07, 6.45) is 4.51. The van der Waals surface area contributed by atoms with Gasteiger partial charge in [0.1, 0.15) is 5.82 Å². The molecule has 2 heterocycles. The number of rotatable bonds is 2. The molecule has 0 aliphatic heterocycles. The van der Waals surface area contributed by atoms with Crippen molar-refractivity contribution < 1.29 is 0 Å². The number of nitrogens with one attached hydrogen (secondary N) is 1. The van der Waals surface area contributed by atoms with Crippen molar-refractivity contribution in [2.75, 3.05) is 0 Å². The molecular formula is C8H7BrN2S. The molecule has 2 aromatic heterocycles. The molecule has 2 nitrogen and oxygen atoms in total. The lowest BCUT2D eigenvalue weighted by molar-refractivity contribution is 1.04. The summed E-state index contributed by atoms with van der Waals surface area (Å²) in [6, 6.07) is 4.17. The minimum absolute atomic E-state index is 0.892. The fraction of sp³-hybridized carbons (Fsp3) is 0.125. The van der Waals surface area contributed by atoms with Crippen LogP contribution in [0.2, 0.25) is 0 Å². The van der Waals surface area contributed by atoms with Crippen LogP contribution in [0.3, 0.4) is 0 Å². The lowest BCUT2D eigenvalue weighted by Crippen LogP contribution is -1.85. The molecule has 12 heavy (non-hydrogen) atoms. The number of halogens is 1. The maximum Gasteiger partial charge on any atom is 0.111 e. The summed E-state index contributed by atoms with van der Waals surface area (Å²) in [5.74, 6) is 1.02. The van der Waals surface area contributed by atoms with E-state index in [0.29, 0.717) is 0 Å². The number of aromatic amines is 1. The van der Waals surface area contributed by atoms with E-state index in [9.17, 15) is 0 Å². The van der Waals surface area contributed by atoms with Gasteiger partial charge in [-0.15, -0.1) is 11.3 Å². The molecular weight excluding hydrogens is 236 g/mol. The van der Waals surface area contributed by atoms with Gasteiger partial charge in [0, 0.05) is 23.7 Å². The van der Waals surface area contributed by atoms with Crippen LogP contribution in [0.5, 0.6) is 0 Å². The van der Waals surface area contributed by atoms with E-state index in [1.165, 1.54) is 8.66 Å². The highest BCUT2D eigenvalue weighted by Gasteiger charge is 2.00. The van der Waals surface area contributed by atoms with Crippen LogP contribution in [0.25, 0.3) is 0 Å². The highest BCUT2D eigenvalue weighted by molar-refractivity contribution is 9.11. The molecule has 4 heteroatoms. The van der Waals surface area contributed by atoms with Crippen molar-refractivity contribution >= 4 is 27.3 Å². The summed E-state index contributed by atoms with van der Waals surface area (Å²) in [6.45, 7) is 0. The SMILES string of the molecule is Brc1ccc(Cc2ncc[nH]2)s1. The van der Waals surface area contributed by atoms with E-state index in [1.54, 1.807) is 17.5 Å². The fourth-order valence-electron chi connectivity index (χ4n) is 1.01. The smallest absolute Gasteiger partial charge is 0.111 e. The molecule has 0 amide bonds. The standard InChI is InChI=1S/C8H7BrN2S/c9-7-2-1-6(12-7)5-8-10-3-4-11-8/h1-4H,5H2,(H,10,11). The fourth-order valence-corrected chi connectivity index (χ4v) is 2.49. The monoisotopic (exact) mass is 242 g/mol. The third-order valence-corrected chi connectivity index (χ3v) is 3.15. The quantitative estimate of drug-likeness (QED) is 0.863. The average molecular weight is 243 g/mol. The van der Waals surface area contributed by atoms with Gasteiger partial charge in [-0.3, -0.25) is 0 Å². The summed E-state index contributed by atoms with van der Waals surface area (Å²) in [7, 11) is 0. The molecule has 2 aromatic rings. The van der Waals surface area contributed by atoms with Crippen molar-refractivity contribution in [2.24, 2.45) is 0 Å². The predicted molar refractivity (Wildman–Crippen MR) is 53.4 cm³/mol. The molecule has 0 aliphatic rings. The maximum absolute atomic E-state index is 4.16. The number of imidazole rings is 1. The molecule has 0 bridgehead atoms. The van der Waals surface area contributed by atoms with Crippen molar-refractivity contribution in [3.05, 3.63) is 39.0 Å². The van der Waals surface area contributed by atoms with Crippen LogP contribution in [0, 0.1) is 0 Å². The van der Waals surface area contributed by atoms with Gasteiger partial charge >= 0.3 is 0 Å². The number of aromatic nitrogens is 2. The van der Waals surface area contributed by atoms with Gasteiger partial charge in [-0.1, -0.05) is 0 Å². The first-order chi connectivity index (χ1) is 5.84. The normalized spacial score (nSPS) is 10.4. The molecule has 0 atom stereocenters. The Morgan fingerprint density at radius 2 is 2.42 bits per heavy atom. The van der Waals surface area contributed by atoms with Crippen LogP contribution in [0.1, 0.15) is 10.7 Å². The molecule has 0 aromatic carbocycles. The molecule has 62 valence electrons. The van der Waals surface area contributed by atoms with Crippen molar-refractivity contribution in [1.82, 2.24) is 9.97 Å². The van der Waals surface area contributed by atoms with Crippen molar-refractivity contribution in [3.8, 4) is 0 Å². The molecule has 0 aliphatic carbocycles. The third-order valence-electron chi connectivity index (χ3n) is 1.53. The van der Waals surface area contributed by atoms with E-state index in [4.69, 9.17) is 0 Å².